The van der Waals surface area contributed by atoms with E-state index in [-0.39, 0.29) is 11.9 Å². The summed E-state index contributed by atoms with van der Waals surface area (Å²) >= 11 is 0. The second-order valence-corrected chi connectivity index (χ2v) is 6.67. The molecule has 1 aliphatic heterocycles. The zero-order valence-corrected chi connectivity index (χ0v) is 15.3. The summed E-state index contributed by atoms with van der Waals surface area (Å²) in [7, 11) is 0. The van der Waals surface area contributed by atoms with Gasteiger partial charge >= 0.3 is 0 Å². The summed E-state index contributed by atoms with van der Waals surface area (Å²) in [6.07, 6.45) is 3.07. The summed E-state index contributed by atoms with van der Waals surface area (Å²) in [5, 5.41) is 0. The third kappa shape index (κ3) is 3.81. The Morgan fingerprint density at radius 2 is 1.92 bits per heavy atom. The Morgan fingerprint density at radius 1 is 1.16 bits per heavy atom. The van der Waals surface area contributed by atoms with Gasteiger partial charge in [-0.1, -0.05) is 37.3 Å². The predicted molar refractivity (Wildman–Crippen MR) is 99.4 cm³/mol. The highest BCUT2D eigenvalue weighted by Gasteiger charge is 2.29. The maximum Gasteiger partial charge on any atom is 0.224 e. The molecule has 3 rings (SSSR count). The minimum Gasteiger partial charge on any atom is -0.354 e. The normalized spacial score (nSPS) is 18.4. The number of amides is 1. The molecule has 0 aliphatic carbocycles. The molecule has 0 N–H and O–H groups in total. The highest BCUT2D eigenvalue weighted by atomic mass is 16.2. The van der Waals surface area contributed by atoms with Crippen LogP contribution in [0.4, 0.5) is 5.82 Å². The molecule has 2 aromatic rings. The van der Waals surface area contributed by atoms with Gasteiger partial charge in [-0.15, -0.1) is 0 Å². The highest BCUT2D eigenvalue weighted by molar-refractivity contribution is 5.78. The van der Waals surface area contributed by atoms with E-state index in [4.69, 9.17) is 0 Å². The molecule has 1 aromatic carbocycles. The topological polar surface area (TPSA) is 49.3 Å². The molecule has 1 fully saturated rings. The number of aryl methyl sites for hydroxylation is 1. The van der Waals surface area contributed by atoms with Crippen molar-refractivity contribution in [3.05, 3.63) is 53.5 Å². The molecule has 1 unspecified atom stereocenters. The predicted octanol–water partition coefficient (Wildman–Crippen LogP) is 3.11. The molecular formula is C20H26N4O. The fraction of sp³-hybridized carbons (Fsp3) is 0.450. The Balaban J connectivity index is 1.84. The second kappa shape index (κ2) is 7.64. The van der Waals surface area contributed by atoms with Crippen LogP contribution in [0.1, 0.15) is 36.6 Å². The number of nitrogens with zero attached hydrogens (tertiary/aromatic N) is 4. The van der Waals surface area contributed by atoms with Crippen LogP contribution in [0.5, 0.6) is 0 Å². The van der Waals surface area contributed by atoms with Crippen molar-refractivity contribution in [2.45, 2.75) is 46.2 Å². The molecule has 0 bridgehead atoms. The number of carbonyl (C=O) groups excluding carboxylic acids is 1. The molecule has 1 aliphatic rings. The third-order valence-electron chi connectivity index (χ3n) is 5.06. The van der Waals surface area contributed by atoms with E-state index in [2.05, 4.69) is 40.8 Å². The molecule has 1 atom stereocenters. The average molecular weight is 338 g/mol. The number of rotatable bonds is 4. The van der Waals surface area contributed by atoms with Crippen LogP contribution in [0.2, 0.25) is 0 Å². The van der Waals surface area contributed by atoms with Crippen molar-refractivity contribution in [1.82, 2.24) is 14.9 Å². The van der Waals surface area contributed by atoms with E-state index in [1.165, 1.54) is 5.56 Å². The van der Waals surface area contributed by atoms with Crippen LogP contribution in [-0.4, -0.2) is 39.9 Å². The molecule has 132 valence electrons. The Labute approximate surface area is 149 Å². The van der Waals surface area contributed by atoms with Crippen molar-refractivity contribution in [2.75, 3.05) is 18.0 Å². The van der Waals surface area contributed by atoms with Crippen LogP contribution in [0, 0.1) is 13.8 Å². The summed E-state index contributed by atoms with van der Waals surface area (Å²) in [5.74, 6) is 1.18. The molecule has 5 heteroatoms. The largest absolute Gasteiger partial charge is 0.354 e. The fourth-order valence-corrected chi connectivity index (χ4v) is 3.41. The van der Waals surface area contributed by atoms with Gasteiger partial charge in [0.05, 0.1) is 0 Å². The number of aromatic nitrogens is 2. The lowest BCUT2D eigenvalue weighted by Gasteiger charge is -2.32. The lowest BCUT2D eigenvalue weighted by atomic mass is 10.1. The van der Waals surface area contributed by atoms with Crippen molar-refractivity contribution in [3.63, 3.8) is 0 Å². The van der Waals surface area contributed by atoms with Crippen LogP contribution in [0.3, 0.4) is 0 Å². The molecule has 1 amide bonds. The van der Waals surface area contributed by atoms with Crippen LogP contribution in [0.25, 0.3) is 0 Å². The van der Waals surface area contributed by atoms with Gasteiger partial charge in [-0.2, -0.15) is 0 Å². The molecule has 5 nitrogen and oxygen atoms in total. The van der Waals surface area contributed by atoms with Crippen molar-refractivity contribution < 1.29 is 4.79 Å². The van der Waals surface area contributed by atoms with E-state index in [0.29, 0.717) is 19.5 Å². The Hall–Kier alpha value is -2.43. The standard InChI is InChI=1S/C20H26N4O/c1-4-18-13-23(20-15(2)16(3)21-14-22-20)11-10-19(25)24(18)12-17-8-6-5-7-9-17/h5-9,14,18H,4,10-13H2,1-3H3. The van der Waals surface area contributed by atoms with E-state index < -0.39 is 0 Å². The van der Waals surface area contributed by atoms with Crippen molar-refractivity contribution in [2.24, 2.45) is 0 Å². The second-order valence-electron chi connectivity index (χ2n) is 6.67. The van der Waals surface area contributed by atoms with Gasteiger partial charge in [-0.3, -0.25) is 4.79 Å². The van der Waals surface area contributed by atoms with E-state index in [1.807, 2.05) is 30.0 Å². The fourth-order valence-electron chi connectivity index (χ4n) is 3.41. The van der Waals surface area contributed by atoms with Gasteiger partial charge in [0.25, 0.3) is 0 Å². The first kappa shape index (κ1) is 17.4. The first-order chi connectivity index (χ1) is 12.1. The van der Waals surface area contributed by atoms with Gasteiger partial charge in [0, 0.05) is 43.4 Å². The van der Waals surface area contributed by atoms with Gasteiger partial charge < -0.3 is 9.80 Å². The maximum absolute atomic E-state index is 12.8. The van der Waals surface area contributed by atoms with Gasteiger partial charge in [-0.05, 0) is 25.8 Å². The van der Waals surface area contributed by atoms with E-state index in [9.17, 15) is 4.79 Å². The summed E-state index contributed by atoms with van der Waals surface area (Å²) in [4.78, 5) is 25.8. The highest BCUT2D eigenvalue weighted by Crippen LogP contribution is 2.24. The molecule has 25 heavy (non-hydrogen) atoms. The quantitative estimate of drug-likeness (QED) is 0.859. The van der Waals surface area contributed by atoms with Gasteiger partial charge in [-0.25, -0.2) is 9.97 Å². The molecule has 0 radical (unpaired) electrons. The maximum atomic E-state index is 12.8. The van der Waals surface area contributed by atoms with Crippen LogP contribution in [-0.2, 0) is 11.3 Å². The van der Waals surface area contributed by atoms with Crippen molar-refractivity contribution in [3.8, 4) is 0 Å². The lowest BCUT2D eigenvalue weighted by molar-refractivity contribution is -0.133. The lowest BCUT2D eigenvalue weighted by Crippen LogP contribution is -2.42. The summed E-state index contributed by atoms with van der Waals surface area (Å²) in [6.45, 7) is 8.40. The smallest absolute Gasteiger partial charge is 0.224 e. The molecule has 0 spiro atoms. The zero-order chi connectivity index (χ0) is 17.8. The average Bonchev–Trinajstić information content (AvgIpc) is 2.78. The summed E-state index contributed by atoms with van der Waals surface area (Å²) in [6, 6.07) is 10.4. The number of benzene rings is 1. The van der Waals surface area contributed by atoms with E-state index >= 15 is 0 Å². The Bertz CT molecular complexity index is 732. The van der Waals surface area contributed by atoms with Crippen LogP contribution < -0.4 is 4.90 Å². The third-order valence-corrected chi connectivity index (χ3v) is 5.06. The first-order valence-electron chi connectivity index (χ1n) is 8.96. The number of hydrogen-bond acceptors (Lipinski definition) is 4. The minimum absolute atomic E-state index is 0.185. The monoisotopic (exact) mass is 338 g/mol. The first-order valence-corrected chi connectivity index (χ1v) is 8.96. The summed E-state index contributed by atoms with van der Waals surface area (Å²) in [5.41, 5.74) is 3.27. The number of anilines is 1. The SMILES string of the molecule is CCC1CN(c2ncnc(C)c2C)CCC(=O)N1Cc1ccccc1. The number of hydrogen-bond donors (Lipinski definition) is 0. The molecule has 1 saturated heterocycles. The van der Waals surface area contributed by atoms with E-state index in [0.717, 1.165) is 30.0 Å². The molecule has 1 aromatic heterocycles. The molecule has 0 saturated carbocycles. The van der Waals surface area contributed by atoms with Crippen molar-refractivity contribution in [1.29, 1.82) is 0 Å². The molecular weight excluding hydrogens is 312 g/mol. The Kier molecular flexibility index (Phi) is 5.31. The van der Waals surface area contributed by atoms with Crippen molar-refractivity contribution >= 4 is 11.7 Å². The van der Waals surface area contributed by atoms with Crippen LogP contribution >= 0.6 is 0 Å². The van der Waals surface area contributed by atoms with Gasteiger partial charge in [0.1, 0.15) is 12.1 Å². The van der Waals surface area contributed by atoms with Gasteiger partial charge in [0.2, 0.25) is 5.91 Å². The number of carbonyl (C=O) groups is 1. The minimum atomic E-state index is 0.185. The molecule has 2 heterocycles. The Morgan fingerprint density at radius 3 is 2.64 bits per heavy atom. The zero-order valence-electron chi connectivity index (χ0n) is 15.3. The van der Waals surface area contributed by atoms with Gasteiger partial charge in [0.15, 0.2) is 0 Å². The van der Waals surface area contributed by atoms with Crippen LogP contribution in [0.15, 0.2) is 36.7 Å². The summed E-state index contributed by atoms with van der Waals surface area (Å²) < 4.78 is 0. The van der Waals surface area contributed by atoms with E-state index in [1.54, 1.807) is 6.33 Å².